The maximum atomic E-state index is 13.5. The van der Waals surface area contributed by atoms with Crippen molar-refractivity contribution in [2.75, 3.05) is 20.1 Å². The molecule has 17 heteroatoms. The molecule has 0 aromatic heterocycles. The molecule has 11 N–H and O–H groups in total. The predicted octanol–water partition coefficient (Wildman–Crippen LogP) is -3.23. The lowest BCUT2D eigenvalue weighted by atomic mass is 9.83. The van der Waals surface area contributed by atoms with Gasteiger partial charge in [-0.25, -0.2) is 0 Å². The van der Waals surface area contributed by atoms with Crippen molar-refractivity contribution in [2.24, 2.45) is 28.1 Å². The van der Waals surface area contributed by atoms with Gasteiger partial charge in [0.2, 0.25) is 35.4 Å². The van der Waals surface area contributed by atoms with Gasteiger partial charge in [-0.15, -0.1) is 0 Å². The summed E-state index contributed by atoms with van der Waals surface area (Å²) in [5.41, 5.74) is 16.2. The third-order valence-electron chi connectivity index (χ3n) is 7.56. The molecule has 0 aromatic carbocycles. The molecule has 1 saturated heterocycles. The molecule has 0 bridgehead atoms. The summed E-state index contributed by atoms with van der Waals surface area (Å²) in [5, 5.41) is 19.6. The number of nitrogens with zero attached hydrogens (tertiary/aromatic N) is 2. The molecule has 0 spiro atoms. The quantitative estimate of drug-likeness (QED) is 0.0773. The van der Waals surface area contributed by atoms with E-state index in [0.717, 1.165) is 24.2 Å². The van der Waals surface area contributed by atoms with Crippen LogP contribution in [-0.4, -0.2) is 102 Å². The third kappa shape index (κ3) is 11.4. The van der Waals surface area contributed by atoms with Gasteiger partial charge in [0.05, 0.1) is 13.0 Å². The van der Waals surface area contributed by atoms with Crippen LogP contribution in [0.15, 0.2) is 4.99 Å². The van der Waals surface area contributed by atoms with Crippen molar-refractivity contribution < 1.29 is 38.7 Å². The van der Waals surface area contributed by atoms with Crippen LogP contribution in [0, 0.1) is 5.92 Å². The van der Waals surface area contributed by atoms with Crippen LogP contribution < -0.4 is 38.5 Å². The van der Waals surface area contributed by atoms with Crippen molar-refractivity contribution in [2.45, 2.75) is 88.4 Å². The Hall–Kier alpha value is -4.44. The number of aliphatic carboxylic acids is 1. The molecular formula is C26H43N9O8. The van der Waals surface area contributed by atoms with Crippen molar-refractivity contribution >= 4 is 47.4 Å². The van der Waals surface area contributed by atoms with Gasteiger partial charge in [0, 0.05) is 20.0 Å². The first-order valence-electron chi connectivity index (χ1n) is 14.3. The lowest BCUT2D eigenvalue weighted by Crippen LogP contribution is -2.59. The maximum absolute atomic E-state index is 13.5. The second kappa shape index (κ2) is 16.9. The Balaban J connectivity index is 2.41. The molecule has 4 atom stereocenters. The molecule has 17 nitrogen and oxygen atoms in total. The molecule has 0 unspecified atom stereocenters. The Morgan fingerprint density at radius 3 is 2.21 bits per heavy atom. The third-order valence-corrected chi connectivity index (χ3v) is 7.56. The highest BCUT2D eigenvalue weighted by Gasteiger charge is 2.37. The highest BCUT2D eigenvalue weighted by molar-refractivity contribution is 5.97. The Bertz CT molecular complexity index is 1090. The monoisotopic (exact) mass is 609 g/mol. The normalized spacial score (nSPS) is 25.4. The number of carboxylic acids is 1. The van der Waals surface area contributed by atoms with E-state index in [4.69, 9.17) is 17.2 Å². The van der Waals surface area contributed by atoms with E-state index in [9.17, 15) is 38.7 Å². The summed E-state index contributed by atoms with van der Waals surface area (Å²) in [6, 6.07) is -5.05. The molecule has 1 heterocycles. The van der Waals surface area contributed by atoms with E-state index in [-0.39, 0.29) is 44.1 Å². The zero-order chi connectivity index (χ0) is 32.1. The summed E-state index contributed by atoms with van der Waals surface area (Å²) >= 11 is 0. The molecule has 0 radical (unpaired) electrons. The summed E-state index contributed by atoms with van der Waals surface area (Å²) < 4.78 is 0. The molecule has 6 amide bonds. The molecule has 43 heavy (non-hydrogen) atoms. The van der Waals surface area contributed by atoms with Crippen LogP contribution >= 0.6 is 0 Å². The van der Waals surface area contributed by atoms with Crippen molar-refractivity contribution in [3.8, 4) is 0 Å². The van der Waals surface area contributed by atoms with Crippen LogP contribution in [0.1, 0.15) is 64.2 Å². The number of nitrogens with two attached hydrogens (primary N) is 3. The van der Waals surface area contributed by atoms with Crippen LogP contribution in [0.5, 0.6) is 0 Å². The predicted molar refractivity (Wildman–Crippen MR) is 153 cm³/mol. The van der Waals surface area contributed by atoms with E-state index in [2.05, 4.69) is 26.3 Å². The number of aliphatic imine (C=N–C) groups is 1. The van der Waals surface area contributed by atoms with E-state index in [0.29, 0.717) is 12.8 Å². The van der Waals surface area contributed by atoms with Gasteiger partial charge in [-0.05, 0) is 38.0 Å². The molecule has 240 valence electrons. The van der Waals surface area contributed by atoms with Gasteiger partial charge in [0.15, 0.2) is 5.96 Å². The number of carbonyl (C=O) groups is 7. The summed E-state index contributed by atoms with van der Waals surface area (Å²) in [6.45, 7) is -0.442. The topological polar surface area (TPSA) is 282 Å². The van der Waals surface area contributed by atoms with Gasteiger partial charge < -0.3 is 48.5 Å². The first-order valence-corrected chi connectivity index (χ1v) is 14.3. The number of hydrogen-bond acceptors (Lipinski definition) is 8. The zero-order valence-electron chi connectivity index (χ0n) is 24.3. The molecular weight excluding hydrogens is 566 g/mol. The Labute approximate surface area is 249 Å². The van der Waals surface area contributed by atoms with E-state index < -0.39 is 78.5 Å². The van der Waals surface area contributed by atoms with Crippen molar-refractivity contribution in [1.29, 1.82) is 0 Å². The fraction of sp³-hybridized carbons (Fsp3) is 0.692. The van der Waals surface area contributed by atoms with Crippen LogP contribution in [0.25, 0.3) is 0 Å². The first kappa shape index (κ1) is 34.8. The molecule has 1 saturated carbocycles. The summed E-state index contributed by atoms with van der Waals surface area (Å²) in [6.07, 6.45) is 2.86. The van der Waals surface area contributed by atoms with Crippen LogP contribution in [0.2, 0.25) is 0 Å². The molecule has 1 aliphatic heterocycles. The fourth-order valence-corrected chi connectivity index (χ4v) is 5.13. The number of hydrogen-bond donors (Lipinski definition) is 8. The van der Waals surface area contributed by atoms with E-state index in [1.165, 1.54) is 7.05 Å². The second-order valence-corrected chi connectivity index (χ2v) is 10.8. The van der Waals surface area contributed by atoms with Gasteiger partial charge >= 0.3 is 5.97 Å². The maximum Gasteiger partial charge on any atom is 0.305 e. The molecule has 0 aromatic rings. The SMILES string of the molecule is CN1C(=O)CNC(=O)[C@H](CCCN=C(N)N)NC(=O)CC[C@@H](C(N)=O)NC(=O)[C@H](C2CCCCC2)NC(=O)[C@@H]1CC(=O)O. The minimum absolute atomic E-state index is 0.0848. The average molecular weight is 610 g/mol. The minimum atomic E-state index is -1.52. The number of carboxylic acid groups (broad SMARTS) is 1. The van der Waals surface area contributed by atoms with Gasteiger partial charge in [-0.2, -0.15) is 0 Å². The number of rotatable bonds is 8. The minimum Gasteiger partial charge on any atom is -0.481 e. The van der Waals surface area contributed by atoms with Crippen molar-refractivity contribution in [3.63, 3.8) is 0 Å². The molecule has 1 aliphatic carbocycles. The van der Waals surface area contributed by atoms with Crippen LogP contribution in [-0.2, 0) is 33.6 Å². The Kier molecular flexibility index (Phi) is 13.6. The Morgan fingerprint density at radius 1 is 0.930 bits per heavy atom. The molecule has 2 fully saturated rings. The van der Waals surface area contributed by atoms with E-state index in [1.54, 1.807) is 0 Å². The highest BCUT2D eigenvalue weighted by atomic mass is 16.4. The fourth-order valence-electron chi connectivity index (χ4n) is 5.13. The van der Waals surface area contributed by atoms with Crippen molar-refractivity contribution in [1.82, 2.24) is 26.2 Å². The lowest BCUT2D eigenvalue weighted by molar-refractivity contribution is -0.146. The van der Waals surface area contributed by atoms with Gasteiger partial charge in [-0.1, -0.05) is 19.3 Å². The van der Waals surface area contributed by atoms with Gasteiger partial charge in [0.1, 0.15) is 24.2 Å². The Morgan fingerprint density at radius 2 is 1.60 bits per heavy atom. The van der Waals surface area contributed by atoms with E-state index in [1.807, 2.05) is 0 Å². The first-order chi connectivity index (χ1) is 20.3. The number of amides is 6. The number of nitrogens with one attached hydrogen (secondary N) is 4. The number of carbonyl (C=O) groups excluding carboxylic acids is 6. The number of guanidine groups is 1. The number of likely N-dealkylation sites (N-methyl/N-ethyl adjacent to an activating group) is 1. The smallest absolute Gasteiger partial charge is 0.305 e. The standard InChI is InChI=1S/C26H43N9O8/c1-35-17(12-20(38)39)24(42)34-21(14-6-3-2-4-7-14)25(43)33-15(22(27)40)9-10-18(36)32-16(8-5-11-30-26(28)29)23(41)31-13-19(35)37/h14-17,21H,2-13H2,1H3,(H2,27,40)(H,31,41)(H,32,36)(H,33,43)(H,34,42)(H,38,39)(H4,28,29,30)/t15-,16-,17-,21-/m0/s1. The number of primary amides is 1. The van der Waals surface area contributed by atoms with E-state index >= 15 is 0 Å². The molecule has 2 aliphatic rings. The largest absolute Gasteiger partial charge is 0.481 e. The zero-order valence-corrected chi connectivity index (χ0v) is 24.3. The average Bonchev–Trinajstić information content (AvgIpc) is 2.95. The molecule has 2 rings (SSSR count). The summed E-state index contributed by atoms with van der Waals surface area (Å²) in [5.74, 6) is -6.47. The van der Waals surface area contributed by atoms with Crippen LogP contribution in [0.3, 0.4) is 0 Å². The highest BCUT2D eigenvalue weighted by Crippen LogP contribution is 2.27. The van der Waals surface area contributed by atoms with Crippen molar-refractivity contribution in [3.05, 3.63) is 0 Å². The van der Waals surface area contributed by atoms with Gasteiger partial charge in [-0.3, -0.25) is 38.6 Å². The summed E-state index contributed by atoms with van der Waals surface area (Å²) in [4.78, 5) is 94.2. The second-order valence-electron chi connectivity index (χ2n) is 10.8. The van der Waals surface area contributed by atoms with Crippen LogP contribution in [0.4, 0.5) is 0 Å². The lowest BCUT2D eigenvalue weighted by Gasteiger charge is -2.33. The summed E-state index contributed by atoms with van der Waals surface area (Å²) in [7, 11) is 1.21. The van der Waals surface area contributed by atoms with Gasteiger partial charge in [0.25, 0.3) is 0 Å².